The number of carbonyl (C=O) groups is 3. The molecule has 0 radical (unpaired) electrons. The van der Waals surface area contributed by atoms with Gasteiger partial charge in [-0.3, -0.25) is 14.4 Å². The molecule has 0 aliphatic carbocycles. The number of benzene rings is 2. The van der Waals surface area contributed by atoms with E-state index < -0.39 is 11.9 Å². The van der Waals surface area contributed by atoms with E-state index in [-0.39, 0.29) is 24.5 Å². The predicted molar refractivity (Wildman–Crippen MR) is 126 cm³/mol. The van der Waals surface area contributed by atoms with Gasteiger partial charge < -0.3 is 15.8 Å². The second kappa shape index (κ2) is 11.5. The summed E-state index contributed by atoms with van der Waals surface area (Å²) in [4.78, 5) is 34.7. The smallest absolute Gasteiger partial charge is 0.311 e. The molecule has 3 N–H and O–H groups in total. The molecule has 1 heterocycles. The van der Waals surface area contributed by atoms with Crippen molar-refractivity contribution in [2.75, 3.05) is 22.7 Å². The van der Waals surface area contributed by atoms with Crippen LogP contribution in [-0.2, 0) is 25.5 Å². The van der Waals surface area contributed by atoms with E-state index in [4.69, 9.17) is 10.5 Å². The number of nitrogen functional groups attached to an aromatic ring is 1. The van der Waals surface area contributed by atoms with Crippen LogP contribution in [0.5, 0.6) is 0 Å². The Balaban J connectivity index is 0.000000336. The standard InChI is InChI=1S/C16H17N3O4.C8H11N/c1-4-23-15(21)9-14-10(2)16(22)19(18-14)13-7-5-12(6-8-13)17-11(3)20;1-2-7-5-3-4-6-8(7)9/h5-8H,2,4,9H2,1,3H3,(H,17,20);3-6H,2,9H2,1H3. The zero-order valence-electron chi connectivity index (χ0n) is 18.6. The third-order valence-corrected chi connectivity index (χ3v) is 4.50. The Morgan fingerprint density at radius 3 is 2.31 bits per heavy atom. The van der Waals surface area contributed by atoms with E-state index in [1.165, 1.54) is 17.5 Å². The highest BCUT2D eigenvalue weighted by Gasteiger charge is 2.30. The molecule has 8 heteroatoms. The third-order valence-electron chi connectivity index (χ3n) is 4.50. The van der Waals surface area contributed by atoms with Crippen LogP contribution in [0.25, 0.3) is 0 Å². The highest BCUT2D eigenvalue weighted by molar-refractivity contribution is 6.32. The Labute approximate surface area is 187 Å². The molecule has 0 aromatic heterocycles. The normalized spacial score (nSPS) is 12.6. The van der Waals surface area contributed by atoms with Gasteiger partial charge in [-0.1, -0.05) is 31.7 Å². The Kier molecular flexibility index (Phi) is 8.71. The molecule has 168 valence electrons. The van der Waals surface area contributed by atoms with Crippen molar-refractivity contribution in [3.05, 3.63) is 66.2 Å². The maximum atomic E-state index is 12.2. The fraction of sp³-hybridized carbons (Fsp3) is 0.250. The van der Waals surface area contributed by atoms with Crippen LogP contribution < -0.4 is 16.1 Å². The molecule has 2 amide bonds. The number of esters is 1. The van der Waals surface area contributed by atoms with Gasteiger partial charge in [-0.05, 0) is 49.2 Å². The number of carbonyl (C=O) groups excluding carboxylic acids is 3. The molecule has 0 fully saturated rings. The number of nitrogens with zero attached hydrogens (tertiary/aromatic N) is 2. The van der Waals surface area contributed by atoms with Crippen molar-refractivity contribution in [2.45, 2.75) is 33.6 Å². The molecule has 1 aliphatic rings. The third kappa shape index (κ3) is 6.53. The van der Waals surface area contributed by atoms with Crippen LogP contribution in [0.15, 0.2) is 65.8 Å². The number of amides is 2. The van der Waals surface area contributed by atoms with E-state index in [2.05, 4.69) is 30.0 Å². The summed E-state index contributed by atoms with van der Waals surface area (Å²) in [5.41, 5.74) is 9.36. The molecule has 32 heavy (non-hydrogen) atoms. The molecular weight excluding hydrogens is 408 g/mol. The summed E-state index contributed by atoms with van der Waals surface area (Å²) >= 11 is 0. The summed E-state index contributed by atoms with van der Waals surface area (Å²) in [6, 6.07) is 14.6. The second-order valence-corrected chi connectivity index (χ2v) is 6.90. The molecule has 0 bridgehead atoms. The van der Waals surface area contributed by atoms with Crippen LogP contribution in [0.3, 0.4) is 0 Å². The van der Waals surface area contributed by atoms with Gasteiger partial charge >= 0.3 is 5.97 Å². The number of hydrazone groups is 1. The number of hydrogen-bond acceptors (Lipinski definition) is 6. The Hall–Kier alpha value is -3.94. The zero-order valence-corrected chi connectivity index (χ0v) is 18.6. The SMILES string of the molecule is C=C1C(=O)N(c2ccc(NC(C)=O)cc2)N=C1CC(=O)OCC.CCc1ccccc1N. The maximum Gasteiger partial charge on any atom is 0.311 e. The van der Waals surface area contributed by atoms with E-state index >= 15 is 0 Å². The topological polar surface area (TPSA) is 114 Å². The van der Waals surface area contributed by atoms with Gasteiger partial charge in [-0.2, -0.15) is 10.1 Å². The summed E-state index contributed by atoms with van der Waals surface area (Å²) in [5, 5.41) is 7.96. The number of anilines is 3. The fourth-order valence-electron chi connectivity index (χ4n) is 2.89. The number of nitrogens with one attached hydrogen (secondary N) is 1. The van der Waals surface area contributed by atoms with E-state index in [9.17, 15) is 14.4 Å². The largest absolute Gasteiger partial charge is 0.466 e. The van der Waals surface area contributed by atoms with Gasteiger partial charge in [0.05, 0.1) is 30.0 Å². The van der Waals surface area contributed by atoms with Crippen LogP contribution >= 0.6 is 0 Å². The molecule has 0 unspecified atom stereocenters. The first kappa shape index (κ1) is 24.3. The summed E-state index contributed by atoms with van der Waals surface area (Å²) in [6.07, 6.45) is 0.922. The highest BCUT2D eigenvalue weighted by atomic mass is 16.5. The van der Waals surface area contributed by atoms with Gasteiger partial charge in [-0.15, -0.1) is 0 Å². The first-order valence-electron chi connectivity index (χ1n) is 10.2. The molecule has 0 saturated carbocycles. The molecule has 3 rings (SSSR count). The van der Waals surface area contributed by atoms with E-state index in [0.717, 1.165) is 12.1 Å². The first-order valence-corrected chi connectivity index (χ1v) is 10.2. The van der Waals surface area contributed by atoms with Crippen LogP contribution in [0.1, 0.15) is 32.8 Å². The molecule has 0 atom stereocenters. The van der Waals surface area contributed by atoms with E-state index in [1.54, 1.807) is 31.2 Å². The van der Waals surface area contributed by atoms with Crippen molar-refractivity contribution in [3.8, 4) is 0 Å². The van der Waals surface area contributed by atoms with E-state index in [1.807, 2.05) is 18.2 Å². The average Bonchev–Trinajstić information content (AvgIpc) is 3.03. The second-order valence-electron chi connectivity index (χ2n) is 6.90. The van der Waals surface area contributed by atoms with Gasteiger partial charge in [0.2, 0.25) is 5.91 Å². The number of aryl methyl sites for hydroxylation is 1. The average molecular weight is 437 g/mol. The van der Waals surface area contributed by atoms with Crippen molar-refractivity contribution in [1.82, 2.24) is 0 Å². The van der Waals surface area contributed by atoms with E-state index in [0.29, 0.717) is 17.1 Å². The number of para-hydroxylation sites is 1. The minimum absolute atomic E-state index is 0.0983. The number of nitrogens with two attached hydrogens (primary N) is 1. The molecule has 0 spiro atoms. The van der Waals surface area contributed by atoms with Gasteiger partial charge in [0.25, 0.3) is 5.91 Å². The Morgan fingerprint density at radius 2 is 1.78 bits per heavy atom. The number of ether oxygens (including phenoxy) is 1. The predicted octanol–water partition coefficient (Wildman–Crippen LogP) is 3.69. The quantitative estimate of drug-likeness (QED) is 0.407. The van der Waals surface area contributed by atoms with Crippen molar-refractivity contribution in [1.29, 1.82) is 0 Å². The van der Waals surface area contributed by atoms with Crippen molar-refractivity contribution in [2.24, 2.45) is 5.10 Å². The summed E-state index contributed by atoms with van der Waals surface area (Å²) in [5.74, 6) is -1.03. The van der Waals surface area contributed by atoms with Crippen LogP contribution in [0, 0.1) is 0 Å². The monoisotopic (exact) mass is 436 g/mol. The molecule has 2 aromatic rings. The van der Waals surface area contributed by atoms with Gasteiger partial charge in [0.15, 0.2) is 0 Å². The lowest BCUT2D eigenvalue weighted by Gasteiger charge is -2.12. The lowest BCUT2D eigenvalue weighted by Crippen LogP contribution is -2.21. The molecule has 2 aromatic carbocycles. The minimum Gasteiger partial charge on any atom is -0.466 e. The summed E-state index contributed by atoms with van der Waals surface area (Å²) in [6.45, 7) is 9.16. The Bertz CT molecular complexity index is 1030. The molecule has 8 nitrogen and oxygen atoms in total. The lowest BCUT2D eigenvalue weighted by molar-refractivity contribution is -0.141. The Morgan fingerprint density at radius 1 is 1.12 bits per heavy atom. The fourth-order valence-corrected chi connectivity index (χ4v) is 2.89. The van der Waals surface area contributed by atoms with Crippen molar-refractivity contribution < 1.29 is 19.1 Å². The van der Waals surface area contributed by atoms with Crippen LogP contribution in [0.4, 0.5) is 17.1 Å². The zero-order chi connectivity index (χ0) is 23.7. The van der Waals surface area contributed by atoms with Crippen molar-refractivity contribution in [3.63, 3.8) is 0 Å². The first-order chi connectivity index (χ1) is 15.3. The summed E-state index contributed by atoms with van der Waals surface area (Å²) < 4.78 is 4.85. The van der Waals surface area contributed by atoms with Crippen LogP contribution in [-0.4, -0.2) is 30.1 Å². The minimum atomic E-state index is -0.456. The maximum absolute atomic E-state index is 12.2. The molecule has 1 aliphatic heterocycles. The number of hydrogen-bond donors (Lipinski definition) is 2. The number of rotatable bonds is 6. The van der Waals surface area contributed by atoms with Crippen LogP contribution in [0.2, 0.25) is 0 Å². The summed E-state index contributed by atoms with van der Waals surface area (Å²) in [7, 11) is 0. The van der Waals surface area contributed by atoms with Gasteiger partial charge in [0, 0.05) is 18.3 Å². The lowest BCUT2D eigenvalue weighted by atomic mass is 10.1. The molecular formula is C24H28N4O4. The van der Waals surface area contributed by atoms with Gasteiger partial charge in [0.1, 0.15) is 0 Å². The van der Waals surface area contributed by atoms with Crippen molar-refractivity contribution >= 4 is 40.6 Å². The molecule has 0 saturated heterocycles. The van der Waals surface area contributed by atoms with Gasteiger partial charge in [-0.25, -0.2) is 0 Å². The highest BCUT2D eigenvalue weighted by Crippen LogP contribution is 2.25.